The highest BCUT2D eigenvalue weighted by Gasteiger charge is 1.98. The monoisotopic (exact) mass is 214 g/mol. The Morgan fingerprint density at radius 3 is 1.60 bits per heavy atom. The maximum Gasteiger partial charge on any atom is 0.0616 e. The van der Waals surface area contributed by atoms with Crippen LogP contribution in [-0.2, 0) is 0 Å². The van der Waals surface area contributed by atoms with E-state index in [0.717, 1.165) is 0 Å². The van der Waals surface area contributed by atoms with Gasteiger partial charge in [-0.2, -0.15) is 0 Å². The van der Waals surface area contributed by atoms with Crippen molar-refractivity contribution in [3.8, 4) is 0 Å². The average molecular weight is 214 g/mol. The van der Waals surface area contributed by atoms with Gasteiger partial charge in [-0.05, 0) is 19.7 Å². The van der Waals surface area contributed by atoms with Gasteiger partial charge >= 0.3 is 0 Å². The Kier molecular flexibility index (Phi) is 11.9. The Labute approximate surface area is 79.3 Å². The van der Waals surface area contributed by atoms with Crippen molar-refractivity contribution in [3.05, 3.63) is 0 Å². The predicted octanol–water partition coefficient (Wildman–Crippen LogP) is 4.83. The molecule has 1 fully saturated rings. The van der Waals surface area contributed by atoms with Crippen molar-refractivity contribution >= 4 is 41.2 Å². The van der Waals surface area contributed by atoms with Gasteiger partial charge in [-0.1, -0.05) is 54.7 Å². The Morgan fingerprint density at radius 1 is 1.00 bits per heavy atom. The van der Waals surface area contributed by atoms with Crippen LogP contribution in [0.25, 0.3) is 0 Å². The molecule has 0 N–H and O–H groups in total. The zero-order valence-electron chi connectivity index (χ0n) is 6.46. The number of unbranched alkanes of at least 4 members (excludes halogenated alkanes) is 2. The molecule has 4 heteroatoms. The molecule has 0 spiro atoms. The summed E-state index contributed by atoms with van der Waals surface area (Å²) in [6.45, 7) is 4.42. The molecule has 0 aromatic rings. The summed E-state index contributed by atoms with van der Waals surface area (Å²) < 4.78 is 0. The molecule has 0 aromatic heterocycles. The van der Waals surface area contributed by atoms with Crippen molar-refractivity contribution in [1.82, 2.24) is 0 Å². The van der Waals surface area contributed by atoms with Crippen molar-refractivity contribution in [2.45, 2.75) is 33.1 Å². The molecule has 1 rings (SSSR count). The van der Waals surface area contributed by atoms with Crippen LogP contribution in [-0.4, -0.2) is 5.08 Å². The first-order chi connectivity index (χ1) is 4.91. The maximum atomic E-state index is 2.21. The molecular weight excluding hydrogens is 200 g/mol. The summed E-state index contributed by atoms with van der Waals surface area (Å²) >= 11 is 0. The zero-order valence-corrected chi connectivity index (χ0v) is 9.73. The van der Waals surface area contributed by atoms with E-state index in [1.54, 1.807) is 0 Å². The smallest absolute Gasteiger partial charge is 0.0616 e. The van der Waals surface area contributed by atoms with Crippen LogP contribution in [0.1, 0.15) is 33.1 Å². The second-order valence-corrected chi connectivity index (χ2v) is 8.21. The van der Waals surface area contributed by atoms with E-state index in [9.17, 15) is 0 Å². The van der Waals surface area contributed by atoms with Crippen molar-refractivity contribution in [1.29, 1.82) is 0 Å². The van der Waals surface area contributed by atoms with E-state index in [0.29, 0.717) is 0 Å². The van der Waals surface area contributed by atoms with Crippen LogP contribution < -0.4 is 0 Å². The van der Waals surface area contributed by atoms with Gasteiger partial charge in [0.15, 0.2) is 0 Å². The molecule has 0 atom stereocenters. The van der Waals surface area contributed by atoms with Crippen molar-refractivity contribution in [2.24, 2.45) is 0 Å². The van der Waals surface area contributed by atoms with E-state index in [-0.39, 0.29) is 0 Å². The molecule has 0 bridgehead atoms. The molecule has 0 radical (unpaired) electrons. The van der Waals surface area contributed by atoms with E-state index in [4.69, 9.17) is 0 Å². The van der Waals surface area contributed by atoms with Crippen LogP contribution in [0.2, 0.25) is 0 Å². The van der Waals surface area contributed by atoms with E-state index < -0.39 is 0 Å². The molecule has 10 heavy (non-hydrogen) atoms. The van der Waals surface area contributed by atoms with Crippen molar-refractivity contribution < 1.29 is 0 Å². The van der Waals surface area contributed by atoms with Gasteiger partial charge in [0.05, 0.1) is 5.08 Å². The minimum Gasteiger partial charge on any atom is -0.0698 e. The fourth-order valence-electron chi connectivity index (χ4n) is 0.452. The van der Waals surface area contributed by atoms with Gasteiger partial charge in [0.25, 0.3) is 0 Å². The van der Waals surface area contributed by atoms with E-state index in [2.05, 4.69) is 13.8 Å². The molecule has 0 aromatic carbocycles. The molecule has 62 valence electrons. The van der Waals surface area contributed by atoms with Gasteiger partial charge in [0.2, 0.25) is 0 Å². The minimum atomic E-state index is 1.26. The lowest BCUT2D eigenvalue weighted by molar-refractivity contribution is 0.772. The second kappa shape index (κ2) is 10.4. The molecule has 1 aliphatic heterocycles. The zero-order chi connectivity index (χ0) is 7.66. The highest BCUT2D eigenvalue weighted by Crippen LogP contribution is 2.53. The number of hydrogen-bond acceptors (Lipinski definition) is 4. The van der Waals surface area contributed by atoms with Crippen LogP contribution in [0.3, 0.4) is 0 Å². The molecule has 1 saturated heterocycles. The van der Waals surface area contributed by atoms with Gasteiger partial charge in [0, 0.05) is 0 Å². The molecule has 0 amide bonds. The van der Waals surface area contributed by atoms with E-state index >= 15 is 0 Å². The lowest BCUT2D eigenvalue weighted by Crippen LogP contribution is -1.59. The highest BCUT2D eigenvalue weighted by molar-refractivity contribution is 9.30. The third-order valence-electron chi connectivity index (χ3n) is 0.927. The largest absolute Gasteiger partial charge is 0.0698 e. The standard InChI is InChI=1S/C5H12.CH2S4/c1-3-5-4-2;1-2-4-5-3-1/h3-5H2,1-2H3;1H2. The van der Waals surface area contributed by atoms with Gasteiger partial charge < -0.3 is 0 Å². The average Bonchev–Trinajstić information content (AvgIpc) is 2.44. The first-order valence-corrected chi connectivity index (χ1v) is 8.65. The summed E-state index contributed by atoms with van der Waals surface area (Å²) in [5.41, 5.74) is 0. The first-order valence-electron chi connectivity index (χ1n) is 3.49. The Morgan fingerprint density at radius 2 is 1.50 bits per heavy atom. The van der Waals surface area contributed by atoms with Gasteiger partial charge in [-0.25, -0.2) is 0 Å². The quantitative estimate of drug-likeness (QED) is 0.603. The predicted molar refractivity (Wildman–Crippen MR) is 60.4 cm³/mol. The normalized spacial score (nSPS) is 16.2. The molecule has 1 heterocycles. The Hall–Kier alpha value is 1.40. The second-order valence-electron chi connectivity index (χ2n) is 1.84. The Bertz CT molecular complexity index is 44.1. The van der Waals surface area contributed by atoms with Crippen molar-refractivity contribution in [3.63, 3.8) is 0 Å². The summed E-state index contributed by atoms with van der Waals surface area (Å²) in [6, 6.07) is 0. The fraction of sp³-hybridized carbons (Fsp3) is 1.00. The third-order valence-corrected chi connectivity index (χ3v) is 8.15. The minimum absolute atomic E-state index is 1.26. The summed E-state index contributed by atoms with van der Waals surface area (Å²) in [5.74, 6) is 0. The number of hydrogen-bond donors (Lipinski definition) is 0. The van der Waals surface area contributed by atoms with E-state index in [1.807, 2.05) is 41.2 Å². The molecule has 0 saturated carbocycles. The summed E-state index contributed by atoms with van der Waals surface area (Å²) in [4.78, 5) is 0. The summed E-state index contributed by atoms with van der Waals surface area (Å²) in [7, 11) is 7.57. The molecular formula is C6H14S4. The maximum absolute atomic E-state index is 2.21. The lowest BCUT2D eigenvalue weighted by Gasteiger charge is -1.79. The van der Waals surface area contributed by atoms with Gasteiger partial charge in [-0.15, -0.1) is 0 Å². The number of rotatable bonds is 2. The summed E-state index contributed by atoms with van der Waals surface area (Å²) in [6.07, 6.45) is 4.08. The van der Waals surface area contributed by atoms with Crippen molar-refractivity contribution in [2.75, 3.05) is 5.08 Å². The lowest BCUT2D eigenvalue weighted by atomic mass is 10.3. The van der Waals surface area contributed by atoms with Crippen LogP contribution >= 0.6 is 41.2 Å². The molecule has 0 unspecified atom stereocenters. The van der Waals surface area contributed by atoms with Crippen LogP contribution in [0, 0.1) is 0 Å². The fourth-order valence-corrected chi connectivity index (χ4v) is 8.31. The SMILES string of the molecule is C1SSSS1.CCCCC. The third kappa shape index (κ3) is 9.40. The van der Waals surface area contributed by atoms with Gasteiger partial charge in [-0.3, -0.25) is 0 Å². The first kappa shape index (κ1) is 11.4. The molecule has 1 aliphatic rings. The molecule has 0 aliphatic carbocycles. The van der Waals surface area contributed by atoms with Crippen LogP contribution in [0.4, 0.5) is 0 Å². The van der Waals surface area contributed by atoms with Crippen LogP contribution in [0.15, 0.2) is 0 Å². The topological polar surface area (TPSA) is 0 Å². The van der Waals surface area contributed by atoms with Gasteiger partial charge in [0.1, 0.15) is 0 Å². The van der Waals surface area contributed by atoms with E-state index in [1.165, 1.54) is 24.3 Å². The molecule has 0 nitrogen and oxygen atoms in total. The summed E-state index contributed by atoms with van der Waals surface area (Å²) in [5, 5.41) is 1.26. The Balaban J connectivity index is 0.000000162. The highest BCUT2D eigenvalue weighted by atomic mass is 33.7. The van der Waals surface area contributed by atoms with Crippen LogP contribution in [0.5, 0.6) is 0 Å².